The molecule has 0 spiro atoms. The number of carbonyl (C=O) groups is 1. The summed E-state index contributed by atoms with van der Waals surface area (Å²) in [6.45, 7) is 2.70. The average molecular weight is 405 g/mol. The molecule has 1 saturated heterocycles. The van der Waals surface area contributed by atoms with Crippen LogP contribution < -0.4 is 0 Å². The Hall–Kier alpha value is -2.52. The van der Waals surface area contributed by atoms with E-state index in [0.717, 1.165) is 25.7 Å². The molecule has 0 N–H and O–H groups in total. The van der Waals surface area contributed by atoms with Gasteiger partial charge in [-0.15, -0.1) is 0 Å². The maximum absolute atomic E-state index is 12.8. The van der Waals surface area contributed by atoms with Gasteiger partial charge in [0.05, 0.1) is 4.90 Å². The summed E-state index contributed by atoms with van der Waals surface area (Å²) in [7, 11) is -3.48. The van der Waals surface area contributed by atoms with Crippen molar-refractivity contribution in [1.29, 1.82) is 0 Å². The number of ether oxygens (including phenoxy) is 1. The van der Waals surface area contributed by atoms with Crippen molar-refractivity contribution in [1.82, 2.24) is 14.4 Å². The third kappa shape index (κ3) is 5.26. The van der Waals surface area contributed by atoms with Gasteiger partial charge in [-0.1, -0.05) is 30.1 Å². The third-order valence-electron chi connectivity index (χ3n) is 4.40. The first-order chi connectivity index (χ1) is 13.4. The molecule has 0 radical (unpaired) electrons. The van der Waals surface area contributed by atoms with E-state index >= 15 is 0 Å². The van der Waals surface area contributed by atoms with Gasteiger partial charge in [0.2, 0.25) is 10.0 Å². The molecule has 0 atom stereocenters. The van der Waals surface area contributed by atoms with Crippen LogP contribution in [0.1, 0.15) is 43.0 Å². The van der Waals surface area contributed by atoms with E-state index in [4.69, 9.17) is 9.26 Å². The molecule has 3 rings (SSSR count). The molecule has 0 bridgehead atoms. The van der Waals surface area contributed by atoms with Crippen molar-refractivity contribution < 1.29 is 22.5 Å². The number of sulfonamides is 1. The van der Waals surface area contributed by atoms with Crippen LogP contribution in [0.25, 0.3) is 6.08 Å². The van der Waals surface area contributed by atoms with E-state index in [2.05, 4.69) is 10.1 Å². The van der Waals surface area contributed by atoms with Crippen LogP contribution in [0.15, 0.2) is 39.8 Å². The van der Waals surface area contributed by atoms with Gasteiger partial charge in [0.15, 0.2) is 12.4 Å². The van der Waals surface area contributed by atoms with E-state index in [1.54, 1.807) is 41.6 Å². The van der Waals surface area contributed by atoms with Crippen LogP contribution >= 0.6 is 0 Å². The Bertz CT molecular complexity index is 927. The lowest BCUT2D eigenvalue weighted by molar-refractivity contribution is -0.139. The minimum Gasteiger partial charge on any atom is -0.452 e. The first-order valence-electron chi connectivity index (χ1n) is 9.19. The summed E-state index contributed by atoms with van der Waals surface area (Å²) < 4.78 is 36.9. The SMILES string of the molecule is Cc1noc(COC(=O)/C=C/c2ccc(S(=O)(=O)N3CCCCCC3)cc2)n1. The molecule has 1 aliphatic heterocycles. The van der Waals surface area contributed by atoms with Gasteiger partial charge in [0.1, 0.15) is 0 Å². The quantitative estimate of drug-likeness (QED) is 0.538. The predicted molar refractivity (Wildman–Crippen MR) is 102 cm³/mol. The zero-order chi connectivity index (χ0) is 20.0. The number of esters is 1. The maximum atomic E-state index is 12.8. The molecule has 0 saturated carbocycles. The number of aromatic nitrogens is 2. The van der Waals surface area contributed by atoms with Gasteiger partial charge in [0.25, 0.3) is 5.89 Å². The van der Waals surface area contributed by atoms with E-state index in [1.165, 1.54) is 6.08 Å². The van der Waals surface area contributed by atoms with Crippen LogP contribution in [0.4, 0.5) is 0 Å². The Morgan fingerprint density at radius 3 is 2.46 bits per heavy atom. The largest absolute Gasteiger partial charge is 0.452 e. The fourth-order valence-corrected chi connectivity index (χ4v) is 4.44. The Balaban J connectivity index is 1.58. The molecule has 1 aliphatic rings. The molecule has 28 heavy (non-hydrogen) atoms. The summed E-state index contributed by atoms with van der Waals surface area (Å²) in [5.74, 6) is 0.135. The highest BCUT2D eigenvalue weighted by Crippen LogP contribution is 2.21. The molecule has 1 aromatic heterocycles. The lowest BCUT2D eigenvalue weighted by Crippen LogP contribution is -2.31. The summed E-state index contributed by atoms with van der Waals surface area (Å²) in [6, 6.07) is 6.45. The zero-order valence-electron chi connectivity index (χ0n) is 15.7. The van der Waals surface area contributed by atoms with Crippen LogP contribution in [-0.2, 0) is 26.2 Å². The highest BCUT2D eigenvalue weighted by molar-refractivity contribution is 7.89. The summed E-state index contributed by atoms with van der Waals surface area (Å²) in [5, 5.41) is 3.61. The first-order valence-corrected chi connectivity index (χ1v) is 10.6. The molecule has 8 nitrogen and oxygen atoms in total. The van der Waals surface area contributed by atoms with Crippen LogP contribution in [0, 0.1) is 6.92 Å². The highest BCUT2D eigenvalue weighted by atomic mass is 32.2. The highest BCUT2D eigenvalue weighted by Gasteiger charge is 2.24. The molecular formula is C19H23N3O5S. The molecule has 150 valence electrons. The molecule has 2 heterocycles. The van der Waals surface area contributed by atoms with Gasteiger partial charge in [-0.25, -0.2) is 13.2 Å². The number of rotatable bonds is 6. The molecule has 2 aromatic rings. The Morgan fingerprint density at radius 2 is 1.86 bits per heavy atom. The molecule has 0 aliphatic carbocycles. The van der Waals surface area contributed by atoms with Crippen LogP contribution in [0.5, 0.6) is 0 Å². The number of aryl methyl sites for hydroxylation is 1. The van der Waals surface area contributed by atoms with Crippen LogP contribution in [-0.4, -0.2) is 41.9 Å². The minimum absolute atomic E-state index is 0.100. The number of hydrogen-bond acceptors (Lipinski definition) is 7. The number of benzene rings is 1. The average Bonchev–Trinajstić information content (AvgIpc) is 2.93. The minimum atomic E-state index is -3.48. The van der Waals surface area contributed by atoms with Gasteiger partial charge in [-0.3, -0.25) is 0 Å². The lowest BCUT2D eigenvalue weighted by Gasteiger charge is -2.19. The topological polar surface area (TPSA) is 103 Å². The van der Waals surface area contributed by atoms with Crippen molar-refractivity contribution >= 4 is 22.1 Å². The van der Waals surface area contributed by atoms with Crippen LogP contribution in [0.2, 0.25) is 0 Å². The first kappa shape index (κ1) is 20.2. The van der Waals surface area contributed by atoms with Crippen LogP contribution in [0.3, 0.4) is 0 Å². The Labute approximate surface area is 164 Å². The normalized spacial score (nSPS) is 16.2. The van der Waals surface area contributed by atoms with Crippen molar-refractivity contribution in [2.45, 2.75) is 44.1 Å². The Kier molecular flexibility index (Phi) is 6.58. The van der Waals surface area contributed by atoms with Gasteiger partial charge >= 0.3 is 5.97 Å². The second-order valence-corrected chi connectivity index (χ2v) is 8.50. The fourth-order valence-electron chi connectivity index (χ4n) is 2.93. The fraction of sp³-hybridized carbons (Fsp3) is 0.421. The smallest absolute Gasteiger partial charge is 0.331 e. The summed E-state index contributed by atoms with van der Waals surface area (Å²) in [4.78, 5) is 16.0. The predicted octanol–water partition coefficient (Wildman–Crippen LogP) is 2.70. The van der Waals surface area contributed by atoms with E-state index in [-0.39, 0.29) is 17.4 Å². The standard InChI is InChI=1S/C19H23N3O5S/c1-15-20-18(27-21-15)14-26-19(23)11-8-16-6-9-17(10-7-16)28(24,25)22-12-4-2-3-5-13-22/h6-11H,2-5,12-14H2,1H3/b11-8+. The third-order valence-corrected chi connectivity index (χ3v) is 6.32. The summed E-state index contributed by atoms with van der Waals surface area (Å²) in [6.07, 6.45) is 6.75. The number of carbonyl (C=O) groups excluding carboxylic acids is 1. The van der Waals surface area contributed by atoms with Gasteiger partial charge in [-0.2, -0.15) is 9.29 Å². The summed E-state index contributed by atoms with van der Waals surface area (Å²) in [5.41, 5.74) is 0.695. The molecule has 0 unspecified atom stereocenters. The Morgan fingerprint density at radius 1 is 1.18 bits per heavy atom. The van der Waals surface area contributed by atoms with E-state index < -0.39 is 16.0 Å². The van der Waals surface area contributed by atoms with E-state index in [0.29, 0.717) is 24.5 Å². The molecule has 9 heteroatoms. The molecular weight excluding hydrogens is 382 g/mol. The van der Waals surface area contributed by atoms with E-state index in [1.807, 2.05) is 0 Å². The second kappa shape index (κ2) is 9.11. The monoisotopic (exact) mass is 405 g/mol. The van der Waals surface area contributed by atoms with Crippen molar-refractivity contribution in [3.63, 3.8) is 0 Å². The van der Waals surface area contributed by atoms with Gasteiger partial charge in [0, 0.05) is 19.2 Å². The summed E-state index contributed by atoms with van der Waals surface area (Å²) >= 11 is 0. The van der Waals surface area contributed by atoms with Crippen molar-refractivity contribution in [3.8, 4) is 0 Å². The van der Waals surface area contributed by atoms with Gasteiger partial charge in [-0.05, 0) is 43.5 Å². The molecule has 1 fully saturated rings. The molecule has 1 aromatic carbocycles. The van der Waals surface area contributed by atoms with Crippen molar-refractivity contribution in [2.75, 3.05) is 13.1 Å². The van der Waals surface area contributed by atoms with Crippen molar-refractivity contribution in [2.24, 2.45) is 0 Å². The molecule has 0 amide bonds. The van der Waals surface area contributed by atoms with Crippen molar-refractivity contribution in [3.05, 3.63) is 47.6 Å². The number of hydrogen-bond donors (Lipinski definition) is 0. The van der Waals surface area contributed by atoms with E-state index in [9.17, 15) is 13.2 Å². The lowest BCUT2D eigenvalue weighted by atomic mass is 10.2. The number of nitrogens with zero attached hydrogens (tertiary/aromatic N) is 3. The second-order valence-electron chi connectivity index (χ2n) is 6.56. The zero-order valence-corrected chi connectivity index (χ0v) is 16.5. The maximum Gasteiger partial charge on any atom is 0.331 e. The van der Waals surface area contributed by atoms with Gasteiger partial charge < -0.3 is 9.26 Å².